The Kier molecular flexibility index (Phi) is 5.32. The SMILES string of the molecule is C#CCC(=O)NCC[C@H](O)C(=O)O. The number of aliphatic carboxylic acids is 1. The normalized spacial score (nSPS) is 11.4. The van der Waals surface area contributed by atoms with Gasteiger partial charge in [0, 0.05) is 13.0 Å². The third-order valence-corrected chi connectivity index (χ3v) is 1.29. The highest BCUT2D eigenvalue weighted by atomic mass is 16.4. The molecule has 0 aliphatic heterocycles. The Balaban J connectivity index is 3.51. The molecule has 72 valence electrons. The molecule has 13 heavy (non-hydrogen) atoms. The largest absolute Gasteiger partial charge is 0.479 e. The number of hydrogen-bond acceptors (Lipinski definition) is 3. The first-order valence-corrected chi connectivity index (χ1v) is 3.69. The summed E-state index contributed by atoms with van der Waals surface area (Å²) < 4.78 is 0. The van der Waals surface area contributed by atoms with E-state index in [0.29, 0.717) is 0 Å². The maximum absolute atomic E-state index is 10.7. The maximum atomic E-state index is 10.7. The molecule has 0 rings (SSSR count). The van der Waals surface area contributed by atoms with E-state index in [1.807, 2.05) is 0 Å². The molecule has 5 heteroatoms. The predicted octanol–water partition coefficient (Wildman–Crippen LogP) is -1.04. The molecule has 1 amide bonds. The second-order valence-corrected chi connectivity index (χ2v) is 2.37. The summed E-state index contributed by atoms with van der Waals surface area (Å²) in [5, 5.41) is 19.4. The molecule has 0 saturated heterocycles. The fourth-order valence-corrected chi connectivity index (χ4v) is 0.627. The summed E-state index contributed by atoms with van der Waals surface area (Å²) in [6, 6.07) is 0. The van der Waals surface area contributed by atoms with Crippen molar-refractivity contribution in [2.75, 3.05) is 6.54 Å². The van der Waals surface area contributed by atoms with E-state index >= 15 is 0 Å². The van der Waals surface area contributed by atoms with Gasteiger partial charge in [0.1, 0.15) is 0 Å². The second-order valence-electron chi connectivity index (χ2n) is 2.37. The molecule has 0 bridgehead atoms. The van der Waals surface area contributed by atoms with Crippen LogP contribution in [0.3, 0.4) is 0 Å². The van der Waals surface area contributed by atoms with Crippen LogP contribution in [0.1, 0.15) is 12.8 Å². The number of nitrogens with one attached hydrogen (secondary N) is 1. The van der Waals surface area contributed by atoms with Gasteiger partial charge in [-0.15, -0.1) is 6.42 Å². The van der Waals surface area contributed by atoms with Crippen molar-refractivity contribution in [2.45, 2.75) is 18.9 Å². The van der Waals surface area contributed by atoms with Crippen molar-refractivity contribution in [1.29, 1.82) is 0 Å². The van der Waals surface area contributed by atoms with Gasteiger partial charge in [0.05, 0.1) is 6.42 Å². The Labute approximate surface area is 75.8 Å². The lowest BCUT2D eigenvalue weighted by Gasteiger charge is -2.05. The number of carboxylic acids is 1. The minimum atomic E-state index is -1.44. The standard InChI is InChI=1S/C8H11NO4/c1-2-3-7(11)9-5-4-6(10)8(12)13/h1,6,10H,3-5H2,(H,9,11)(H,12,13)/t6-/m0/s1. The van der Waals surface area contributed by atoms with E-state index < -0.39 is 12.1 Å². The van der Waals surface area contributed by atoms with Gasteiger partial charge in [0.15, 0.2) is 6.10 Å². The van der Waals surface area contributed by atoms with Gasteiger partial charge in [-0.25, -0.2) is 4.79 Å². The molecule has 0 heterocycles. The van der Waals surface area contributed by atoms with Crippen molar-refractivity contribution in [3.05, 3.63) is 0 Å². The Morgan fingerprint density at radius 1 is 1.54 bits per heavy atom. The molecule has 0 spiro atoms. The molecule has 1 atom stereocenters. The lowest BCUT2D eigenvalue weighted by molar-refractivity contribution is -0.147. The lowest BCUT2D eigenvalue weighted by atomic mass is 10.2. The first-order valence-electron chi connectivity index (χ1n) is 3.69. The Morgan fingerprint density at radius 2 is 2.15 bits per heavy atom. The van der Waals surface area contributed by atoms with Crippen LogP contribution >= 0.6 is 0 Å². The van der Waals surface area contributed by atoms with Gasteiger partial charge in [-0.3, -0.25) is 4.79 Å². The van der Waals surface area contributed by atoms with Crippen LogP contribution in [-0.4, -0.2) is 34.7 Å². The fraction of sp³-hybridized carbons (Fsp3) is 0.500. The number of aliphatic hydroxyl groups excluding tert-OH is 1. The molecule has 0 saturated carbocycles. The van der Waals surface area contributed by atoms with Crippen LogP contribution in [-0.2, 0) is 9.59 Å². The van der Waals surface area contributed by atoms with Gasteiger partial charge in [-0.1, -0.05) is 5.92 Å². The minimum Gasteiger partial charge on any atom is -0.479 e. The molecule has 0 aromatic carbocycles. The average molecular weight is 185 g/mol. The summed E-state index contributed by atoms with van der Waals surface area (Å²) in [5.41, 5.74) is 0. The van der Waals surface area contributed by atoms with Crippen molar-refractivity contribution in [3.8, 4) is 12.3 Å². The third kappa shape index (κ3) is 5.70. The number of rotatable bonds is 5. The summed E-state index contributed by atoms with van der Waals surface area (Å²) in [6.45, 7) is 0.105. The zero-order chi connectivity index (χ0) is 10.3. The Bertz CT molecular complexity index is 231. The molecule has 0 aromatic rings. The Morgan fingerprint density at radius 3 is 2.62 bits per heavy atom. The third-order valence-electron chi connectivity index (χ3n) is 1.29. The van der Waals surface area contributed by atoms with E-state index in [0.717, 1.165) is 0 Å². The summed E-state index contributed by atoms with van der Waals surface area (Å²) in [7, 11) is 0. The highest BCUT2D eigenvalue weighted by molar-refractivity contribution is 5.78. The van der Waals surface area contributed by atoms with Crippen LogP contribution < -0.4 is 5.32 Å². The van der Waals surface area contributed by atoms with Gasteiger partial charge >= 0.3 is 5.97 Å². The molecular formula is C8H11NO4. The smallest absolute Gasteiger partial charge is 0.332 e. The van der Waals surface area contributed by atoms with Gasteiger partial charge in [0.25, 0.3) is 0 Å². The van der Waals surface area contributed by atoms with Crippen LogP contribution in [0.2, 0.25) is 0 Å². The van der Waals surface area contributed by atoms with Crippen molar-refractivity contribution >= 4 is 11.9 Å². The molecule has 0 radical (unpaired) electrons. The van der Waals surface area contributed by atoms with Gasteiger partial charge in [-0.05, 0) is 0 Å². The first kappa shape index (κ1) is 11.5. The van der Waals surface area contributed by atoms with E-state index in [2.05, 4.69) is 11.2 Å². The number of carbonyl (C=O) groups excluding carboxylic acids is 1. The predicted molar refractivity (Wildman–Crippen MR) is 44.7 cm³/mol. The highest BCUT2D eigenvalue weighted by Gasteiger charge is 2.12. The Hall–Kier alpha value is -1.54. The molecule has 0 unspecified atom stereocenters. The van der Waals surface area contributed by atoms with Crippen molar-refractivity contribution in [2.24, 2.45) is 0 Å². The van der Waals surface area contributed by atoms with Crippen LogP contribution in [0.5, 0.6) is 0 Å². The summed E-state index contributed by atoms with van der Waals surface area (Å²) in [6.07, 6.45) is 3.36. The van der Waals surface area contributed by atoms with E-state index in [4.69, 9.17) is 16.6 Å². The lowest BCUT2D eigenvalue weighted by Crippen LogP contribution is -2.29. The van der Waals surface area contributed by atoms with E-state index in [1.54, 1.807) is 0 Å². The maximum Gasteiger partial charge on any atom is 0.332 e. The van der Waals surface area contributed by atoms with Gasteiger partial charge in [0.2, 0.25) is 5.91 Å². The van der Waals surface area contributed by atoms with Crippen LogP contribution in [0.25, 0.3) is 0 Å². The number of aliphatic hydroxyl groups is 1. The van der Waals surface area contributed by atoms with E-state index in [1.165, 1.54) is 0 Å². The molecule has 0 aliphatic carbocycles. The minimum absolute atomic E-state index is 0.0222. The van der Waals surface area contributed by atoms with E-state index in [9.17, 15) is 9.59 Å². The first-order chi connectivity index (χ1) is 6.07. The van der Waals surface area contributed by atoms with E-state index in [-0.39, 0.29) is 25.3 Å². The molecule has 0 aliphatic rings. The summed E-state index contributed by atoms with van der Waals surface area (Å²) in [4.78, 5) is 20.8. The van der Waals surface area contributed by atoms with Crippen molar-refractivity contribution in [1.82, 2.24) is 5.32 Å². The average Bonchev–Trinajstić information content (AvgIpc) is 2.04. The van der Waals surface area contributed by atoms with Gasteiger partial charge in [-0.2, -0.15) is 0 Å². The quantitative estimate of drug-likeness (QED) is 0.477. The number of carbonyl (C=O) groups is 2. The van der Waals surface area contributed by atoms with Crippen LogP contribution in [0.15, 0.2) is 0 Å². The fourth-order valence-electron chi connectivity index (χ4n) is 0.627. The number of amides is 1. The molecule has 0 aromatic heterocycles. The number of carboxylic acid groups (broad SMARTS) is 1. The van der Waals surface area contributed by atoms with Gasteiger partial charge < -0.3 is 15.5 Å². The number of terminal acetylenes is 1. The van der Waals surface area contributed by atoms with Crippen molar-refractivity contribution < 1.29 is 19.8 Å². The topological polar surface area (TPSA) is 86.6 Å². The highest BCUT2D eigenvalue weighted by Crippen LogP contribution is 1.89. The zero-order valence-corrected chi connectivity index (χ0v) is 6.99. The molecule has 3 N–H and O–H groups in total. The van der Waals surface area contributed by atoms with Crippen LogP contribution in [0, 0.1) is 12.3 Å². The summed E-state index contributed by atoms with van der Waals surface area (Å²) in [5.74, 6) is 0.491. The summed E-state index contributed by atoms with van der Waals surface area (Å²) >= 11 is 0. The molecular weight excluding hydrogens is 174 g/mol. The second kappa shape index (κ2) is 6.03. The molecule has 5 nitrogen and oxygen atoms in total. The van der Waals surface area contributed by atoms with Crippen LogP contribution in [0.4, 0.5) is 0 Å². The molecule has 0 fully saturated rings. The number of hydrogen-bond donors (Lipinski definition) is 3. The monoisotopic (exact) mass is 185 g/mol. The zero-order valence-electron chi connectivity index (χ0n) is 6.99. The van der Waals surface area contributed by atoms with Crippen molar-refractivity contribution in [3.63, 3.8) is 0 Å².